The van der Waals surface area contributed by atoms with Crippen LogP contribution in [0.3, 0.4) is 0 Å². The Labute approximate surface area is 141 Å². The maximum atomic E-state index is 12.8. The Bertz CT molecular complexity index is 897. The van der Waals surface area contributed by atoms with Crippen molar-refractivity contribution in [3.63, 3.8) is 0 Å². The Morgan fingerprint density at radius 2 is 1.92 bits per heavy atom. The number of rotatable bonds is 4. The van der Waals surface area contributed by atoms with Gasteiger partial charge in [-0.1, -0.05) is 18.2 Å². The molecule has 0 aliphatic carbocycles. The lowest BCUT2D eigenvalue weighted by atomic mass is 10.2. The molecule has 1 aromatic carbocycles. The first-order valence-corrected chi connectivity index (χ1v) is 7.98. The lowest BCUT2D eigenvalue weighted by Gasteiger charge is -2.15. The number of nitrogens with zero attached hydrogens (tertiary/aromatic N) is 2. The first-order valence-electron chi connectivity index (χ1n) is 7.98. The van der Waals surface area contributed by atoms with Gasteiger partial charge >= 0.3 is 0 Å². The predicted octanol–water partition coefficient (Wildman–Crippen LogP) is 3.99. The van der Waals surface area contributed by atoms with Crippen LogP contribution in [0.5, 0.6) is 5.75 Å². The van der Waals surface area contributed by atoms with E-state index in [1.807, 2.05) is 74.7 Å². The molecule has 2 heterocycles. The first kappa shape index (κ1) is 16.1. The fourth-order valence-corrected chi connectivity index (χ4v) is 2.65. The molecule has 1 N–H and O–H groups in total. The third kappa shape index (κ3) is 3.11. The second kappa shape index (κ2) is 6.35. The lowest BCUT2D eigenvalue weighted by Crippen LogP contribution is -2.17. The molecular formula is C19H21N3O2. The summed E-state index contributed by atoms with van der Waals surface area (Å²) < 4.78 is 7.59. The summed E-state index contributed by atoms with van der Waals surface area (Å²) in [5.41, 5.74) is 3.71. The maximum absolute atomic E-state index is 12.8. The van der Waals surface area contributed by atoms with Gasteiger partial charge < -0.3 is 10.1 Å². The molecule has 1 amide bonds. The van der Waals surface area contributed by atoms with E-state index in [0.29, 0.717) is 22.8 Å². The number of ether oxygens (including phenoxy) is 1. The van der Waals surface area contributed by atoms with Gasteiger partial charge in [-0.05, 0) is 51.5 Å². The van der Waals surface area contributed by atoms with Crippen LogP contribution in [-0.2, 0) is 0 Å². The number of amides is 1. The van der Waals surface area contributed by atoms with Gasteiger partial charge in [0.15, 0.2) is 0 Å². The van der Waals surface area contributed by atoms with Crippen LogP contribution >= 0.6 is 0 Å². The summed E-state index contributed by atoms with van der Waals surface area (Å²) in [5.74, 6) is 0.453. The molecule has 0 saturated carbocycles. The number of para-hydroxylation sites is 2. The molecule has 0 aliphatic heterocycles. The normalized spacial score (nSPS) is 11.0. The van der Waals surface area contributed by atoms with Gasteiger partial charge in [0.25, 0.3) is 5.91 Å². The first-order chi connectivity index (χ1) is 11.5. The summed E-state index contributed by atoms with van der Waals surface area (Å²) in [5, 5.41) is 2.95. The van der Waals surface area contributed by atoms with Crippen LogP contribution in [0.2, 0.25) is 0 Å². The topological polar surface area (TPSA) is 55.6 Å². The molecule has 5 nitrogen and oxygen atoms in total. The van der Waals surface area contributed by atoms with Gasteiger partial charge in [0.05, 0.1) is 17.5 Å². The summed E-state index contributed by atoms with van der Waals surface area (Å²) in [6, 6.07) is 11.3. The maximum Gasteiger partial charge on any atom is 0.274 e. The van der Waals surface area contributed by atoms with Crippen LogP contribution in [0.4, 0.5) is 5.69 Å². The van der Waals surface area contributed by atoms with Gasteiger partial charge in [0.1, 0.15) is 17.1 Å². The number of carbonyl (C=O) groups excluding carboxylic acids is 1. The molecule has 24 heavy (non-hydrogen) atoms. The van der Waals surface area contributed by atoms with Crippen LogP contribution in [0.25, 0.3) is 5.65 Å². The Kier molecular flexibility index (Phi) is 4.25. The van der Waals surface area contributed by atoms with Crippen molar-refractivity contribution in [1.82, 2.24) is 9.38 Å². The Morgan fingerprint density at radius 3 is 2.67 bits per heavy atom. The van der Waals surface area contributed by atoms with Crippen LogP contribution in [0.15, 0.2) is 42.6 Å². The number of carbonyl (C=O) groups is 1. The number of pyridine rings is 1. The van der Waals surface area contributed by atoms with Gasteiger partial charge in [-0.15, -0.1) is 0 Å². The van der Waals surface area contributed by atoms with Crippen molar-refractivity contribution in [2.24, 2.45) is 0 Å². The second-order valence-electron chi connectivity index (χ2n) is 6.10. The van der Waals surface area contributed by atoms with E-state index in [-0.39, 0.29) is 12.0 Å². The molecule has 3 aromatic rings. The molecule has 0 radical (unpaired) electrons. The van der Waals surface area contributed by atoms with Gasteiger partial charge in [-0.3, -0.25) is 9.20 Å². The molecule has 0 saturated heterocycles. The quantitative estimate of drug-likeness (QED) is 0.790. The van der Waals surface area contributed by atoms with E-state index < -0.39 is 0 Å². The molecule has 3 rings (SSSR count). The highest BCUT2D eigenvalue weighted by molar-refractivity contribution is 6.05. The second-order valence-corrected chi connectivity index (χ2v) is 6.10. The third-order valence-corrected chi connectivity index (χ3v) is 3.65. The average molecular weight is 323 g/mol. The summed E-state index contributed by atoms with van der Waals surface area (Å²) in [4.78, 5) is 17.3. The lowest BCUT2D eigenvalue weighted by molar-refractivity contribution is 0.102. The van der Waals surface area contributed by atoms with Gasteiger partial charge in [-0.25, -0.2) is 4.98 Å². The van der Waals surface area contributed by atoms with Crippen molar-refractivity contribution >= 4 is 17.2 Å². The van der Waals surface area contributed by atoms with Crippen molar-refractivity contribution in [3.05, 3.63) is 59.5 Å². The molecule has 0 fully saturated rings. The monoisotopic (exact) mass is 323 g/mol. The van der Waals surface area contributed by atoms with Crippen molar-refractivity contribution in [2.75, 3.05) is 5.32 Å². The van der Waals surface area contributed by atoms with Gasteiger partial charge in [0.2, 0.25) is 0 Å². The van der Waals surface area contributed by atoms with Crippen molar-refractivity contribution in [3.8, 4) is 5.75 Å². The van der Waals surface area contributed by atoms with Crippen molar-refractivity contribution < 1.29 is 9.53 Å². The number of hydrogen-bond acceptors (Lipinski definition) is 3. The standard InChI is InChI=1S/C19H21N3O2/c1-12(2)24-16-8-6-5-7-15(16)21-19(23)18-14(4)20-17-10-9-13(3)11-22(17)18/h5-12H,1-4H3,(H,21,23). The van der Waals surface area contributed by atoms with E-state index in [1.54, 1.807) is 0 Å². The zero-order valence-corrected chi connectivity index (χ0v) is 14.3. The van der Waals surface area contributed by atoms with Crippen LogP contribution in [-0.4, -0.2) is 21.4 Å². The zero-order valence-electron chi connectivity index (χ0n) is 14.3. The number of fused-ring (bicyclic) bond motifs is 1. The van der Waals surface area contributed by atoms with E-state index in [4.69, 9.17) is 4.74 Å². The molecule has 0 bridgehead atoms. The van der Waals surface area contributed by atoms with E-state index in [2.05, 4.69) is 10.3 Å². The molecule has 124 valence electrons. The van der Waals surface area contributed by atoms with Crippen LogP contribution in [0, 0.1) is 13.8 Å². The third-order valence-electron chi connectivity index (χ3n) is 3.65. The molecule has 0 atom stereocenters. The fourth-order valence-electron chi connectivity index (χ4n) is 2.65. The molecule has 5 heteroatoms. The number of nitrogens with one attached hydrogen (secondary N) is 1. The fraction of sp³-hybridized carbons (Fsp3) is 0.263. The Morgan fingerprint density at radius 1 is 1.17 bits per heavy atom. The highest BCUT2D eigenvalue weighted by Gasteiger charge is 2.18. The SMILES string of the molecule is Cc1ccc2nc(C)c(C(=O)Nc3ccccc3OC(C)C)n2c1. The molecule has 0 aliphatic rings. The number of aromatic nitrogens is 2. The van der Waals surface area contributed by atoms with Crippen molar-refractivity contribution in [1.29, 1.82) is 0 Å². The number of benzene rings is 1. The molecule has 0 spiro atoms. The summed E-state index contributed by atoms with van der Waals surface area (Å²) >= 11 is 0. The van der Waals surface area contributed by atoms with E-state index in [0.717, 1.165) is 11.2 Å². The Hall–Kier alpha value is -2.82. The van der Waals surface area contributed by atoms with Crippen LogP contribution in [0.1, 0.15) is 35.6 Å². The van der Waals surface area contributed by atoms with E-state index in [1.165, 1.54) is 0 Å². The van der Waals surface area contributed by atoms with Crippen molar-refractivity contribution in [2.45, 2.75) is 33.8 Å². The number of hydrogen-bond donors (Lipinski definition) is 1. The molecular weight excluding hydrogens is 302 g/mol. The highest BCUT2D eigenvalue weighted by Crippen LogP contribution is 2.26. The van der Waals surface area contributed by atoms with E-state index >= 15 is 0 Å². The molecule has 2 aromatic heterocycles. The number of imidazole rings is 1. The number of aryl methyl sites for hydroxylation is 2. The summed E-state index contributed by atoms with van der Waals surface area (Å²) in [7, 11) is 0. The minimum absolute atomic E-state index is 0.0308. The highest BCUT2D eigenvalue weighted by atomic mass is 16.5. The van der Waals surface area contributed by atoms with Gasteiger partial charge in [-0.2, -0.15) is 0 Å². The smallest absolute Gasteiger partial charge is 0.274 e. The molecule has 0 unspecified atom stereocenters. The summed E-state index contributed by atoms with van der Waals surface area (Å²) in [6.07, 6.45) is 1.95. The van der Waals surface area contributed by atoms with Gasteiger partial charge in [0, 0.05) is 6.20 Å². The van der Waals surface area contributed by atoms with E-state index in [9.17, 15) is 4.79 Å². The predicted molar refractivity (Wildman–Crippen MR) is 94.8 cm³/mol. The minimum atomic E-state index is -0.203. The number of anilines is 1. The largest absolute Gasteiger partial charge is 0.489 e. The summed E-state index contributed by atoms with van der Waals surface area (Å²) in [6.45, 7) is 7.74. The zero-order chi connectivity index (χ0) is 17.3. The Balaban J connectivity index is 1.97. The minimum Gasteiger partial charge on any atom is -0.489 e. The average Bonchev–Trinajstić information content (AvgIpc) is 2.84. The van der Waals surface area contributed by atoms with Crippen LogP contribution < -0.4 is 10.1 Å².